The molecule has 3 amide bonds. The third-order valence-corrected chi connectivity index (χ3v) is 7.38. The van der Waals surface area contributed by atoms with E-state index in [0.29, 0.717) is 22.1 Å². The maximum Gasteiger partial charge on any atom is 0.247 e. The number of nitrogens with one attached hydrogen (secondary N) is 1. The van der Waals surface area contributed by atoms with Crippen LogP contribution in [0.25, 0.3) is 6.08 Å². The lowest BCUT2D eigenvalue weighted by Gasteiger charge is -2.36. The summed E-state index contributed by atoms with van der Waals surface area (Å²) in [6.45, 7) is 0. The van der Waals surface area contributed by atoms with Crippen molar-refractivity contribution in [2.75, 3.05) is 22.2 Å². The van der Waals surface area contributed by atoms with Crippen molar-refractivity contribution >= 4 is 52.5 Å². The predicted octanol–water partition coefficient (Wildman–Crippen LogP) is 4.38. The molecule has 0 unspecified atom stereocenters. The van der Waals surface area contributed by atoms with E-state index in [1.165, 1.54) is 4.90 Å². The number of hydrogen-bond donors (Lipinski definition) is 1. The van der Waals surface area contributed by atoms with Gasteiger partial charge in [0.1, 0.15) is 11.8 Å². The molecule has 2 saturated heterocycles. The van der Waals surface area contributed by atoms with Crippen molar-refractivity contribution in [3.63, 3.8) is 0 Å². The topological polar surface area (TPSA) is 78.9 Å². The number of hydrogen-bond acceptors (Lipinski definition) is 5. The molecule has 1 N–H and O–H groups in total. The van der Waals surface area contributed by atoms with Crippen molar-refractivity contribution in [3.05, 3.63) is 89.5 Å². The van der Waals surface area contributed by atoms with Crippen LogP contribution in [-0.4, -0.2) is 36.9 Å². The fraction of sp³-hybridized carbons (Fsp3) is 0.179. The van der Waals surface area contributed by atoms with Crippen molar-refractivity contribution < 1.29 is 19.1 Å². The standard InChI is InChI=1S/C28H22ClN3O4/c1-36-20-13-11-19(12-14-20)31-27(34)23-22-15-6-16-4-2-3-5-21(16)32(22)25(24(23)28(31)35)26(33)30-18-9-7-17(29)8-10-18/h2-15,22-25H,1H3,(H,30,33)/t22-,23+,24-,25+/m1/s1. The number of imide groups is 1. The minimum Gasteiger partial charge on any atom is -0.497 e. The number of carbonyl (C=O) groups is 3. The number of benzene rings is 3. The van der Waals surface area contributed by atoms with Crippen LogP contribution < -0.4 is 19.9 Å². The van der Waals surface area contributed by atoms with Crippen LogP contribution in [0.3, 0.4) is 0 Å². The molecular weight excluding hydrogens is 478 g/mol. The SMILES string of the molecule is COc1ccc(N2C(=O)[C@@H]3[C@@H](C2=O)[C@@H](C(=O)Nc2ccc(Cl)cc2)N2c4ccccc4C=C[C@H]32)cc1. The van der Waals surface area contributed by atoms with E-state index in [2.05, 4.69) is 5.32 Å². The van der Waals surface area contributed by atoms with Crippen molar-refractivity contribution in [2.45, 2.75) is 12.1 Å². The van der Waals surface area contributed by atoms with E-state index in [9.17, 15) is 14.4 Å². The Balaban J connectivity index is 1.42. The molecular formula is C28H22ClN3O4. The van der Waals surface area contributed by atoms with E-state index in [4.69, 9.17) is 16.3 Å². The fourth-order valence-electron chi connectivity index (χ4n) is 5.55. The average Bonchev–Trinajstić information content (AvgIpc) is 3.38. The Morgan fingerprint density at radius 2 is 1.61 bits per heavy atom. The van der Waals surface area contributed by atoms with E-state index in [1.807, 2.05) is 41.3 Å². The molecule has 6 rings (SSSR count). The van der Waals surface area contributed by atoms with Gasteiger partial charge in [-0.25, -0.2) is 4.90 Å². The van der Waals surface area contributed by atoms with Gasteiger partial charge in [0.25, 0.3) is 0 Å². The molecule has 0 aromatic heterocycles. The van der Waals surface area contributed by atoms with Gasteiger partial charge in [0.2, 0.25) is 17.7 Å². The maximum atomic E-state index is 13.8. The normalized spacial score (nSPS) is 23.8. The highest BCUT2D eigenvalue weighted by molar-refractivity contribution is 6.30. The predicted molar refractivity (Wildman–Crippen MR) is 138 cm³/mol. The van der Waals surface area contributed by atoms with E-state index in [-0.39, 0.29) is 17.7 Å². The number of carbonyl (C=O) groups excluding carboxylic acids is 3. The first-order valence-electron chi connectivity index (χ1n) is 11.6. The molecule has 0 aliphatic carbocycles. The first-order valence-corrected chi connectivity index (χ1v) is 12.0. The fourth-order valence-corrected chi connectivity index (χ4v) is 5.67. The summed E-state index contributed by atoms with van der Waals surface area (Å²) in [5.41, 5.74) is 2.79. The van der Waals surface area contributed by atoms with Crippen LogP contribution in [0, 0.1) is 11.8 Å². The Kier molecular flexibility index (Phi) is 5.30. The van der Waals surface area contributed by atoms with Crippen molar-refractivity contribution in [1.29, 1.82) is 0 Å². The van der Waals surface area contributed by atoms with Crippen molar-refractivity contribution in [1.82, 2.24) is 0 Å². The Morgan fingerprint density at radius 1 is 0.917 bits per heavy atom. The van der Waals surface area contributed by atoms with Gasteiger partial charge in [-0.1, -0.05) is 42.0 Å². The molecule has 4 atom stereocenters. The largest absolute Gasteiger partial charge is 0.497 e. The van der Waals surface area contributed by atoms with Crippen LogP contribution in [0.2, 0.25) is 5.02 Å². The Bertz CT molecular complexity index is 1400. The highest BCUT2D eigenvalue weighted by Gasteiger charge is 2.64. The second-order valence-corrected chi connectivity index (χ2v) is 9.45. The molecule has 36 heavy (non-hydrogen) atoms. The molecule has 0 saturated carbocycles. The van der Waals surface area contributed by atoms with Gasteiger partial charge >= 0.3 is 0 Å². The number of halogens is 1. The summed E-state index contributed by atoms with van der Waals surface area (Å²) in [6, 6.07) is 20.0. The summed E-state index contributed by atoms with van der Waals surface area (Å²) < 4.78 is 5.21. The number of para-hydroxylation sites is 1. The van der Waals surface area contributed by atoms with Gasteiger partial charge in [0, 0.05) is 16.4 Å². The van der Waals surface area contributed by atoms with Gasteiger partial charge in [-0.05, 0) is 60.2 Å². The quantitative estimate of drug-likeness (QED) is 0.539. The Labute approximate surface area is 212 Å². The van der Waals surface area contributed by atoms with E-state index >= 15 is 0 Å². The molecule has 3 heterocycles. The molecule has 3 aliphatic rings. The zero-order chi connectivity index (χ0) is 25.0. The lowest BCUT2D eigenvalue weighted by Crippen LogP contribution is -2.50. The minimum absolute atomic E-state index is 0.309. The number of ether oxygens (including phenoxy) is 1. The summed E-state index contributed by atoms with van der Waals surface area (Å²) >= 11 is 6.00. The number of fused-ring (bicyclic) bond motifs is 5. The molecule has 3 aromatic carbocycles. The second kappa shape index (κ2) is 8.53. The second-order valence-electron chi connectivity index (χ2n) is 9.02. The Hall–Kier alpha value is -4.10. The average molecular weight is 500 g/mol. The Morgan fingerprint density at radius 3 is 2.33 bits per heavy atom. The minimum atomic E-state index is -0.874. The molecule has 2 fully saturated rings. The van der Waals surface area contributed by atoms with Gasteiger partial charge in [0.05, 0.1) is 30.7 Å². The summed E-state index contributed by atoms with van der Waals surface area (Å²) in [5.74, 6) is -1.95. The lowest BCUT2D eigenvalue weighted by atomic mass is 9.88. The highest BCUT2D eigenvalue weighted by Crippen LogP contribution is 2.49. The summed E-state index contributed by atoms with van der Waals surface area (Å²) in [4.78, 5) is 44.5. The van der Waals surface area contributed by atoms with Crippen LogP contribution in [0.4, 0.5) is 17.1 Å². The number of methoxy groups -OCH3 is 1. The lowest BCUT2D eigenvalue weighted by molar-refractivity contribution is -0.126. The first-order chi connectivity index (χ1) is 17.5. The van der Waals surface area contributed by atoms with Crippen LogP contribution in [0.15, 0.2) is 78.9 Å². The number of rotatable bonds is 4. The first kappa shape index (κ1) is 22.4. The van der Waals surface area contributed by atoms with Crippen LogP contribution in [-0.2, 0) is 14.4 Å². The molecule has 3 aromatic rings. The molecule has 8 heteroatoms. The monoisotopic (exact) mass is 499 g/mol. The third-order valence-electron chi connectivity index (χ3n) is 7.13. The molecule has 0 radical (unpaired) electrons. The van der Waals surface area contributed by atoms with Crippen LogP contribution >= 0.6 is 11.6 Å². The summed E-state index contributed by atoms with van der Waals surface area (Å²) in [7, 11) is 1.55. The van der Waals surface area contributed by atoms with Crippen molar-refractivity contribution in [2.24, 2.45) is 11.8 Å². The third kappa shape index (κ3) is 3.38. The molecule has 0 spiro atoms. The summed E-state index contributed by atoms with van der Waals surface area (Å²) in [5, 5.41) is 3.48. The highest BCUT2D eigenvalue weighted by atomic mass is 35.5. The van der Waals surface area contributed by atoms with Gasteiger partial charge in [-0.2, -0.15) is 0 Å². The van der Waals surface area contributed by atoms with Gasteiger partial charge in [-0.3, -0.25) is 14.4 Å². The molecule has 180 valence electrons. The molecule has 0 bridgehead atoms. The van der Waals surface area contributed by atoms with Crippen molar-refractivity contribution in [3.8, 4) is 5.75 Å². The van der Waals surface area contributed by atoms with Crippen LogP contribution in [0.5, 0.6) is 5.75 Å². The maximum absolute atomic E-state index is 13.8. The zero-order valence-electron chi connectivity index (χ0n) is 19.3. The molecule has 3 aliphatic heterocycles. The van der Waals surface area contributed by atoms with Crippen LogP contribution in [0.1, 0.15) is 5.56 Å². The summed E-state index contributed by atoms with van der Waals surface area (Å²) in [6.07, 6.45) is 3.89. The van der Waals surface area contributed by atoms with Gasteiger partial charge in [-0.15, -0.1) is 0 Å². The number of nitrogens with zero attached hydrogens (tertiary/aromatic N) is 2. The zero-order valence-corrected chi connectivity index (χ0v) is 20.1. The van der Waals surface area contributed by atoms with E-state index in [0.717, 1.165) is 11.3 Å². The molecule has 7 nitrogen and oxygen atoms in total. The van der Waals surface area contributed by atoms with Gasteiger partial charge in [0.15, 0.2) is 0 Å². The number of amides is 3. The van der Waals surface area contributed by atoms with E-state index in [1.54, 1.807) is 55.6 Å². The van der Waals surface area contributed by atoms with E-state index < -0.39 is 23.9 Å². The van der Waals surface area contributed by atoms with Gasteiger partial charge < -0.3 is 15.0 Å². The smallest absolute Gasteiger partial charge is 0.247 e. The number of anilines is 3.